The number of aromatic nitrogens is 2. The van der Waals surface area contributed by atoms with E-state index in [1.54, 1.807) is 11.8 Å². The van der Waals surface area contributed by atoms with Gasteiger partial charge in [-0.3, -0.25) is 4.79 Å². The molecular formula is C13H13N3OS. The average molecular weight is 259 g/mol. The zero-order valence-corrected chi connectivity index (χ0v) is 10.5. The molecule has 2 aromatic rings. The van der Waals surface area contributed by atoms with E-state index in [2.05, 4.69) is 34.4 Å². The van der Waals surface area contributed by atoms with Crippen LogP contribution in [-0.4, -0.2) is 15.9 Å². The molecule has 1 aromatic carbocycles. The Labute approximate surface area is 110 Å². The van der Waals surface area contributed by atoms with Crippen molar-refractivity contribution in [3.05, 3.63) is 61.7 Å². The first-order chi connectivity index (χ1) is 8.72. The average Bonchev–Trinajstić information content (AvgIpc) is 2.42. The lowest BCUT2D eigenvalue weighted by Gasteiger charge is -1.98. The van der Waals surface area contributed by atoms with Crippen LogP contribution in [0.25, 0.3) is 0 Å². The highest BCUT2D eigenvalue weighted by Crippen LogP contribution is 2.25. The lowest BCUT2D eigenvalue weighted by molar-refractivity contribution is -0.113. The SMILES string of the molecule is C=CC(N)=O.c1ccc(Sc2cncnc2)cc1. The van der Waals surface area contributed by atoms with Crippen LogP contribution in [0.3, 0.4) is 0 Å². The summed E-state index contributed by atoms with van der Waals surface area (Å²) < 4.78 is 0. The van der Waals surface area contributed by atoms with Crippen molar-refractivity contribution in [3.8, 4) is 0 Å². The van der Waals surface area contributed by atoms with Crippen LogP contribution in [0.1, 0.15) is 0 Å². The Kier molecular flexibility index (Phi) is 6.21. The minimum atomic E-state index is -0.481. The summed E-state index contributed by atoms with van der Waals surface area (Å²) in [5.41, 5.74) is 4.53. The first kappa shape index (κ1) is 13.9. The predicted molar refractivity (Wildman–Crippen MR) is 72.0 cm³/mol. The number of nitrogens with two attached hydrogens (primary N) is 1. The van der Waals surface area contributed by atoms with Crippen molar-refractivity contribution in [3.63, 3.8) is 0 Å². The minimum absolute atomic E-state index is 0.481. The summed E-state index contributed by atoms with van der Waals surface area (Å²) in [5.74, 6) is -0.481. The number of hydrogen-bond acceptors (Lipinski definition) is 4. The summed E-state index contributed by atoms with van der Waals surface area (Å²) in [6.45, 7) is 3.09. The topological polar surface area (TPSA) is 68.9 Å². The van der Waals surface area contributed by atoms with Gasteiger partial charge < -0.3 is 5.73 Å². The van der Waals surface area contributed by atoms with Gasteiger partial charge in [0.1, 0.15) is 6.33 Å². The third-order valence-corrected chi connectivity index (χ3v) is 2.67. The van der Waals surface area contributed by atoms with Gasteiger partial charge in [0.2, 0.25) is 5.91 Å². The van der Waals surface area contributed by atoms with Crippen LogP contribution in [0.4, 0.5) is 0 Å². The highest BCUT2D eigenvalue weighted by molar-refractivity contribution is 7.99. The smallest absolute Gasteiger partial charge is 0.240 e. The van der Waals surface area contributed by atoms with Crippen molar-refractivity contribution in [1.82, 2.24) is 9.97 Å². The summed E-state index contributed by atoms with van der Waals surface area (Å²) in [4.78, 5) is 19.6. The fraction of sp³-hybridized carbons (Fsp3) is 0. The van der Waals surface area contributed by atoms with Crippen molar-refractivity contribution < 1.29 is 4.79 Å². The Balaban J connectivity index is 0.000000280. The van der Waals surface area contributed by atoms with E-state index in [-0.39, 0.29) is 0 Å². The fourth-order valence-electron chi connectivity index (χ4n) is 0.963. The summed E-state index contributed by atoms with van der Waals surface area (Å²) in [5, 5.41) is 0. The molecule has 0 spiro atoms. The van der Waals surface area contributed by atoms with Gasteiger partial charge in [0.15, 0.2) is 0 Å². The third kappa shape index (κ3) is 5.81. The molecule has 5 heteroatoms. The van der Waals surface area contributed by atoms with Crippen LogP contribution in [0.5, 0.6) is 0 Å². The van der Waals surface area contributed by atoms with Gasteiger partial charge in [-0.15, -0.1) is 0 Å². The Morgan fingerprint density at radius 1 is 1.17 bits per heavy atom. The largest absolute Gasteiger partial charge is 0.366 e. The van der Waals surface area contributed by atoms with E-state index in [1.165, 1.54) is 11.2 Å². The molecule has 0 aliphatic heterocycles. The van der Waals surface area contributed by atoms with Crippen molar-refractivity contribution >= 4 is 17.7 Å². The number of hydrogen-bond donors (Lipinski definition) is 1. The van der Waals surface area contributed by atoms with Gasteiger partial charge in [-0.25, -0.2) is 9.97 Å². The summed E-state index contributed by atoms with van der Waals surface area (Å²) in [7, 11) is 0. The number of primary amides is 1. The maximum atomic E-state index is 9.47. The van der Waals surface area contributed by atoms with Gasteiger partial charge in [-0.1, -0.05) is 36.5 Å². The summed E-state index contributed by atoms with van der Waals surface area (Å²) >= 11 is 1.66. The van der Waals surface area contributed by atoms with Crippen molar-refractivity contribution in [2.45, 2.75) is 9.79 Å². The molecule has 0 aliphatic carbocycles. The molecular weight excluding hydrogens is 246 g/mol. The van der Waals surface area contributed by atoms with Crippen LogP contribution in [0.15, 0.2) is 71.5 Å². The Bertz CT molecular complexity index is 451. The molecule has 18 heavy (non-hydrogen) atoms. The minimum Gasteiger partial charge on any atom is -0.366 e. The van der Waals surface area contributed by atoms with Gasteiger partial charge >= 0.3 is 0 Å². The normalized spacial score (nSPS) is 8.89. The first-order valence-electron chi connectivity index (χ1n) is 5.12. The van der Waals surface area contributed by atoms with Crippen LogP contribution < -0.4 is 5.73 Å². The van der Waals surface area contributed by atoms with Crippen LogP contribution in [-0.2, 0) is 4.79 Å². The van der Waals surface area contributed by atoms with Gasteiger partial charge in [-0.05, 0) is 18.2 Å². The second kappa shape index (κ2) is 8.03. The first-order valence-corrected chi connectivity index (χ1v) is 5.94. The third-order valence-electron chi connectivity index (χ3n) is 1.72. The molecule has 2 N–H and O–H groups in total. The monoisotopic (exact) mass is 259 g/mol. The van der Waals surface area contributed by atoms with Gasteiger partial charge in [0.25, 0.3) is 0 Å². The molecule has 1 heterocycles. The van der Waals surface area contributed by atoms with E-state index in [4.69, 9.17) is 0 Å². The molecule has 92 valence electrons. The number of rotatable bonds is 3. The van der Waals surface area contributed by atoms with E-state index in [1.807, 2.05) is 30.6 Å². The van der Waals surface area contributed by atoms with Gasteiger partial charge in [-0.2, -0.15) is 0 Å². The summed E-state index contributed by atoms with van der Waals surface area (Å²) in [6, 6.07) is 10.2. The number of nitrogens with zero attached hydrogens (tertiary/aromatic N) is 2. The highest BCUT2D eigenvalue weighted by atomic mass is 32.2. The van der Waals surface area contributed by atoms with Crippen molar-refractivity contribution in [1.29, 1.82) is 0 Å². The molecule has 0 saturated carbocycles. The van der Waals surface area contributed by atoms with Crippen LogP contribution >= 0.6 is 11.8 Å². The molecule has 0 saturated heterocycles. The lowest BCUT2D eigenvalue weighted by Crippen LogP contribution is -2.04. The van der Waals surface area contributed by atoms with E-state index in [9.17, 15) is 4.79 Å². The van der Waals surface area contributed by atoms with E-state index < -0.39 is 5.91 Å². The molecule has 0 radical (unpaired) electrons. The Morgan fingerprint density at radius 2 is 1.72 bits per heavy atom. The zero-order chi connectivity index (χ0) is 13.2. The van der Waals surface area contributed by atoms with Crippen molar-refractivity contribution in [2.24, 2.45) is 5.73 Å². The summed E-state index contributed by atoms with van der Waals surface area (Å²) in [6.07, 6.45) is 6.21. The molecule has 0 fully saturated rings. The molecule has 0 aliphatic rings. The van der Waals surface area contributed by atoms with Gasteiger partial charge in [0, 0.05) is 22.2 Å². The van der Waals surface area contributed by atoms with E-state index >= 15 is 0 Å². The molecule has 1 aromatic heterocycles. The standard InChI is InChI=1S/C10H8N2S.C3H5NO/c1-2-4-9(5-3-1)13-10-6-11-8-12-7-10;1-2-3(4)5/h1-8H;2H,1H2,(H2,4,5). The number of carbonyl (C=O) groups excluding carboxylic acids is 1. The number of benzene rings is 1. The Morgan fingerprint density at radius 3 is 2.22 bits per heavy atom. The maximum absolute atomic E-state index is 9.47. The molecule has 4 nitrogen and oxygen atoms in total. The quantitative estimate of drug-likeness (QED) is 0.859. The molecule has 1 amide bonds. The Hall–Kier alpha value is -2.14. The van der Waals surface area contributed by atoms with E-state index in [0.29, 0.717) is 0 Å². The molecule has 0 unspecified atom stereocenters. The molecule has 0 bridgehead atoms. The number of amides is 1. The van der Waals surface area contributed by atoms with Crippen LogP contribution in [0, 0.1) is 0 Å². The zero-order valence-electron chi connectivity index (χ0n) is 9.69. The fourth-order valence-corrected chi connectivity index (χ4v) is 1.76. The lowest BCUT2D eigenvalue weighted by atomic mass is 10.4. The van der Waals surface area contributed by atoms with Gasteiger partial charge in [0.05, 0.1) is 0 Å². The molecule has 2 rings (SSSR count). The maximum Gasteiger partial charge on any atom is 0.240 e. The predicted octanol–water partition coefficient (Wildman–Crippen LogP) is 2.29. The number of carbonyl (C=O) groups is 1. The second-order valence-corrected chi connectivity index (χ2v) is 4.24. The van der Waals surface area contributed by atoms with Crippen LogP contribution in [0.2, 0.25) is 0 Å². The second-order valence-electron chi connectivity index (χ2n) is 3.10. The van der Waals surface area contributed by atoms with E-state index in [0.717, 1.165) is 11.0 Å². The molecule has 0 atom stereocenters. The van der Waals surface area contributed by atoms with Crippen molar-refractivity contribution in [2.75, 3.05) is 0 Å². The highest BCUT2D eigenvalue weighted by Gasteiger charge is 1.94.